The first-order valence-corrected chi connectivity index (χ1v) is 8.65. The van der Waals surface area contributed by atoms with Crippen molar-refractivity contribution >= 4 is 11.4 Å². The summed E-state index contributed by atoms with van der Waals surface area (Å²) in [4.78, 5) is 4.87. The van der Waals surface area contributed by atoms with Crippen LogP contribution in [0, 0.1) is 0 Å². The van der Waals surface area contributed by atoms with Gasteiger partial charge in [-0.25, -0.2) is 0 Å². The van der Waals surface area contributed by atoms with Gasteiger partial charge in [0.1, 0.15) is 0 Å². The Morgan fingerprint density at radius 1 is 1.23 bits per heavy atom. The summed E-state index contributed by atoms with van der Waals surface area (Å²) in [6, 6.07) is 7.87. The highest BCUT2D eigenvalue weighted by Crippen LogP contribution is 2.27. The molecule has 22 heavy (non-hydrogen) atoms. The Labute approximate surface area is 134 Å². The van der Waals surface area contributed by atoms with Crippen LogP contribution in [-0.2, 0) is 6.54 Å². The highest BCUT2D eigenvalue weighted by Gasteiger charge is 2.24. The average molecular weight is 302 g/mol. The lowest BCUT2D eigenvalue weighted by Crippen LogP contribution is -2.31. The predicted molar refractivity (Wildman–Crippen MR) is 94.1 cm³/mol. The number of hydrogen-bond donors (Lipinski definition) is 2. The van der Waals surface area contributed by atoms with E-state index in [1.165, 1.54) is 44.2 Å². The van der Waals surface area contributed by atoms with E-state index in [4.69, 9.17) is 5.73 Å². The van der Waals surface area contributed by atoms with Crippen molar-refractivity contribution in [3.8, 4) is 0 Å². The van der Waals surface area contributed by atoms with E-state index in [9.17, 15) is 0 Å². The average Bonchev–Trinajstić information content (AvgIpc) is 3.13. The molecule has 1 aliphatic carbocycles. The molecule has 1 saturated carbocycles. The van der Waals surface area contributed by atoms with E-state index in [1.807, 2.05) is 0 Å². The van der Waals surface area contributed by atoms with E-state index < -0.39 is 0 Å². The van der Waals surface area contributed by atoms with Crippen LogP contribution in [0.3, 0.4) is 0 Å². The van der Waals surface area contributed by atoms with Gasteiger partial charge >= 0.3 is 0 Å². The van der Waals surface area contributed by atoms with Crippen molar-refractivity contribution in [1.29, 1.82) is 0 Å². The first kappa shape index (κ1) is 15.6. The number of likely N-dealkylation sites (tertiary alicyclic amines) is 1. The molecule has 3 rings (SSSR count). The van der Waals surface area contributed by atoms with Crippen molar-refractivity contribution in [2.75, 3.05) is 38.2 Å². The van der Waals surface area contributed by atoms with Crippen molar-refractivity contribution in [2.45, 2.75) is 50.7 Å². The molecular formula is C18H30N4. The van der Waals surface area contributed by atoms with E-state index in [-0.39, 0.29) is 0 Å². The number of hydrogen-bond acceptors (Lipinski definition) is 4. The largest absolute Gasteiger partial charge is 0.397 e. The van der Waals surface area contributed by atoms with E-state index in [0.717, 1.165) is 24.5 Å². The van der Waals surface area contributed by atoms with Crippen LogP contribution in [0.1, 0.15) is 37.7 Å². The molecule has 0 radical (unpaired) electrons. The van der Waals surface area contributed by atoms with Gasteiger partial charge in [0.05, 0.1) is 11.4 Å². The van der Waals surface area contributed by atoms with E-state index >= 15 is 0 Å². The quantitative estimate of drug-likeness (QED) is 0.821. The second kappa shape index (κ2) is 6.88. The molecule has 0 bridgehead atoms. The van der Waals surface area contributed by atoms with Gasteiger partial charge in [0.15, 0.2) is 0 Å². The number of benzene rings is 1. The number of nitrogens with one attached hydrogen (secondary N) is 1. The summed E-state index contributed by atoms with van der Waals surface area (Å²) in [7, 11) is 4.35. The predicted octanol–water partition coefficient (Wildman–Crippen LogP) is 2.76. The second-order valence-corrected chi connectivity index (χ2v) is 7.19. The molecule has 122 valence electrons. The normalized spacial score (nSPS) is 23.5. The SMILES string of the molecule is CN(C)[C@@H]1CCN(Cc2ccc(NC3CCCC3)c(N)c2)C1. The third-order valence-electron chi connectivity index (χ3n) is 5.21. The fourth-order valence-electron chi connectivity index (χ4n) is 3.77. The first-order valence-electron chi connectivity index (χ1n) is 8.65. The molecule has 1 aromatic carbocycles. The molecule has 2 aliphatic rings. The lowest BCUT2D eigenvalue weighted by Gasteiger charge is -2.21. The summed E-state index contributed by atoms with van der Waals surface area (Å²) in [6.07, 6.45) is 6.51. The Balaban J connectivity index is 1.57. The Kier molecular flexibility index (Phi) is 4.89. The van der Waals surface area contributed by atoms with Crippen LogP contribution in [0.25, 0.3) is 0 Å². The van der Waals surface area contributed by atoms with E-state index in [2.05, 4.69) is 47.4 Å². The fraction of sp³-hybridized carbons (Fsp3) is 0.667. The molecule has 0 spiro atoms. The maximum Gasteiger partial charge on any atom is 0.0576 e. The van der Waals surface area contributed by atoms with Gasteiger partial charge in [0.25, 0.3) is 0 Å². The van der Waals surface area contributed by atoms with Crippen molar-refractivity contribution < 1.29 is 0 Å². The van der Waals surface area contributed by atoms with Gasteiger partial charge in [-0.3, -0.25) is 4.90 Å². The van der Waals surface area contributed by atoms with Crippen LogP contribution >= 0.6 is 0 Å². The molecule has 0 aromatic heterocycles. The van der Waals surface area contributed by atoms with Gasteiger partial charge in [0, 0.05) is 31.7 Å². The lowest BCUT2D eigenvalue weighted by molar-refractivity contribution is 0.265. The number of rotatable bonds is 5. The lowest BCUT2D eigenvalue weighted by atomic mass is 10.1. The van der Waals surface area contributed by atoms with Gasteiger partial charge in [-0.2, -0.15) is 0 Å². The molecule has 1 heterocycles. The molecule has 4 nitrogen and oxygen atoms in total. The number of likely N-dealkylation sites (N-methyl/N-ethyl adjacent to an activating group) is 1. The molecule has 1 saturated heterocycles. The fourth-order valence-corrected chi connectivity index (χ4v) is 3.77. The molecule has 0 unspecified atom stereocenters. The third-order valence-corrected chi connectivity index (χ3v) is 5.21. The topological polar surface area (TPSA) is 44.5 Å². The molecule has 1 aromatic rings. The zero-order valence-corrected chi connectivity index (χ0v) is 14.0. The van der Waals surface area contributed by atoms with Crippen LogP contribution in [0.15, 0.2) is 18.2 Å². The van der Waals surface area contributed by atoms with Gasteiger partial charge in [-0.05, 0) is 51.1 Å². The van der Waals surface area contributed by atoms with Crippen LogP contribution in [0.4, 0.5) is 11.4 Å². The molecule has 0 amide bonds. The molecule has 3 N–H and O–H groups in total. The Bertz CT molecular complexity index is 494. The molecule has 2 fully saturated rings. The van der Waals surface area contributed by atoms with Gasteiger partial charge in [0.2, 0.25) is 0 Å². The summed E-state index contributed by atoms with van der Waals surface area (Å²) >= 11 is 0. The van der Waals surface area contributed by atoms with E-state index in [1.54, 1.807) is 0 Å². The van der Waals surface area contributed by atoms with Gasteiger partial charge in [-0.1, -0.05) is 18.9 Å². The number of nitrogens with zero attached hydrogens (tertiary/aromatic N) is 2. The molecule has 1 aliphatic heterocycles. The zero-order valence-electron chi connectivity index (χ0n) is 14.0. The summed E-state index contributed by atoms with van der Waals surface area (Å²) < 4.78 is 0. The Hall–Kier alpha value is -1.26. The Morgan fingerprint density at radius 2 is 2.00 bits per heavy atom. The Morgan fingerprint density at radius 3 is 2.64 bits per heavy atom. The second-order valence-electron chi connectivity index (χ2n) is 7.19. The minimum atomic E-state index is 0.618. The zero-order chi connectivity index (χ0) is 15.5. The number of anilines is 2. The van der Waals surface area contributed by atoms with Crippen molar-refractivity contribution in [2.24, 2.45) is 0 Å². The summed E-state index contributed by atoms with van der Waals surface area (Å²) in [6.45, 7) is 3.36. The maximum atomic E-state index is 6.26. The smallest absolute Gasteiger partial charge is 0.0576 e. The molecule has 4 heteroatoms. The monoisotopic (exact) mass is 302 g/mol. The summed E-state index contributed by atoms with van der Waals surface area (Å²) in [5.74, 6) is 0. The van der Waals surface area contributed by atoms with Crippen molar-refractivity contribution in [1.82, 2.24) is 9.80 Å². The van der Waals surface area contributed by atoms with E-state index in [0.29, 0.717) is 12.1 Å². The van der Waals surface area contributed by atoms with Crippen LogP contribution in [-0.4, -0.2) is 49.1 Å². The van der Waals surface area contributed by atoms with Crippen LogP contribution in [0.5, 0.6) is 0 Å². The number of nitrogens with two attached hydrogens (primary N) is 1. The first-order chi connectivity index (χ1) is 10.6. The third kappa shape index (κ3) is 3.73. The molecular weight excluding hydrogens is 272 g/mol. The number of nitrogen functional groups attached to an aromatic ring is 1. The van der Waals surface area contributed by atoms with Crippen LogP contribution in [0.2, 0.25) is 0 Å². The standard InChI is InChI=1S/C18H30N4/c1-21(2)16-9-10-22(13-16)12-14-7-8-18(17(19)11-14)20-15-5-3-4-6-15/h7-8,11,15-16,20H,3-6,9-10,12-13,19H2,1-2H3/t16-/m1/s1. The van der Waals surface area contributed by atoms with Crippen molar-refractivity contribution in [3.63, 3.8) is 0 Å². The van der Waals surface area contributed by atoms with Gasteiger partial charge in [-0.15, -0.1) is 0 Å². The molecule has 1 atom stereocenters. The van der Waals surface area contributed by atoms with Gasteiger partial charge < -0.3 is 16.0 Å². The summed E-state index contributed by atoms with van der Waals surface area (Å²) in [5, 5.41) is 3.61. The highest BCUT2D eigenvalue weighted by molar-refractivity contribution is 5.67. The summed E-state index contributed by atoms with van der Waals surface area (Å²) in [5.41, 5.74) is 9.60. The minimum absolute atomic E-state index is 0.618. The van der Waals surface area contributed by atoms with Crippen LogP contribution < -0.4 is 11.1 Å². The van der Waals surface area contributed by atoms with Crippen molar-refractivity contribution in [3.05, 3.63) is 23.8 Å². The highest BCUT2D eigenvalue weighted by atomic mass is 15.2. The minimum Gasteiger partial charge on any atom is -0.397 e. The maximum absolute atomic E-state index is 6.26.